The molecule has 2 atom stereocenters. The molecule has 3 saturated heterocycles. The van der Waals surface area contributed by atoms with Crippen molar-refractivity contribution in [3.63, 3.8) is 0 Å². The maximum absolute atomic E-state index is 12.6. The number of hydrogen-bond acceptors (Lipinski definition) is 3. The van der Waals surface area contributed by atoms with Crippen LogP contribution in [-0.4, -0.2) is 76.6 Å². The molecule has 1 N–H and O–H groups in total. The minimum atomic E-state index is -0.867. The monoisotopic (exact) mass is 281 g/mol. The van der Waals surface area contributed by atoms with Crippen LogP contribution in [0.25, 0.3) is 0 Å². The standard InChI is InChI=1S/C14H23N3O3/c18-13(19)12-5-2-9-17(12)14(20)16-8-3-7-15-6-1-4-11(15)10-16/h11-12H,1-10H2,(H,18,19). The molecule has 0 spiro atoms. The van der Waals surface area contributed by atoms with E-state index in [1.54, 1.807) is 4.90 Å². The Morgan fingerprint density at radius 1 is 0.950 bits per heavy atom. The zero-order chi connectivity index (χ0) is 14.1. The lowest BCUT2D eigenvalue weighted by atomic mass is 10.2. The van der Waals surface area contributed by atoms with Gasteiger partial charge in [-0.2, -0.15) is 0 Å². The van der Waals surface area contributed by atoms with Crippen molar-refractivity contribution in [1.29, 1.82) is 0 Å². The van der Waals surface area contributed by atoms with Gasteiger partial charge in [-0.15, -0.1) is 0 Å². The van der Waals surface area contributed by atoms with Crippen molar-refractivity contribution in [2.45, 2.75) is 44.2 Å². The second-order valence-corrected chi connectivity index (χ2v) is 6.10. The van der Waals surface area contributed by atoms with Gasteiger partial charge in [-0.3, -0.25) is 4.90 Å². The van der Waals surface area contributed by atoms with Crippen molar-refractivity contribution >= 4 is 12.0 Å². The van der Waals surface area contributed by atoms with Crippen LogP contribution in [0.3, 0.4) is 0 Å². The van der Waals surface area contributed by atoms with Gasteiger partial charge in [0.25, 0.3) is 0 Å². The summed E-state index contributed by atoms with van der Waals surface area (Å²) < 4.78 is 0. The van der Waals surface area contributed by atoms with Crippen LogP contribution in [0.1, 0.15) is 32.1 Å². The van der Waals surface area contributed by atoms with E-state index in [4.69, 9.17) is 0 Å². The highest BCUT2D eigenvalue weighted by Gasteiger charge is 2.38. The van der Waals surface area contributed by atoms with Crippen LogP contribution in [0.2, 0.25) is 0 Å². The number of urea groups is 1. The first-order chi connectivity index (χ1) is 9.66. The summed E-state index contributed by atoms with van der Waals surface area (Å²) in [5.41, 5.74) is 0. The maximum Gasteiger partial charge on any atom is 0.326 e. The Labute approximate surface area is 119 Å². The molecule has 2 amide bonds. The van der Waals surface area contributed by atoms with Crippen molar-refractivity contribution in [3.8, 4) is 0 Å². The fraction of sp³-hybridized carbons (Fsp3) is 0.857. The van der Waals surface area contributed by atoms with Crippen LogP contribution in [0.4, 0.5) is 4.79 Å². The summed E-state index contributed by atoms with van der Waals surface area (Å²) in [7, 11) is 0. The fourth-order valence-corrected chi connectivity index (χ4v) is 3.81. The number of carboxylic acids is 1. The van der Waals surface area contributed by atoms with Gasteiger partial charge in [-0.05, 0) is 38.6 Å². The second kappa shape index (κ2) is 5.60. The zero-order valence-electron chi connectivity index (χ0n) is 11.8. The van der Waals surface area contributed by atoms with Crippen molar-refractivity contribution in [1.82, 2.24) is 14.7 Å². The molecule has 0 saturated carbocycles. The first kappa shape index (κ1) is 13.7. The van der Waals surface area contributed by atoms with Crippen molar-refractivity contribution in [2.75, 3.05) is 32.7 Å². The van der Waals surface area contributed by atoms with E-state index in [9.17, 15) is 14.7 Å². The SMILES string of the molecule is O=C(O)C1CCCN1C(=O)N1CCCN2CCCC2C1. The largest absolute Gasteiger partial charge is 0.480 e. The van der Waals surface area contributed by atoms with Crippen LogP contribution in [0.5, 0.6) is 0 Å². The molecule has 3 rings (SSSR count). The highest BCUT2D eigenvalue weighted by molar-refractivity contribution is 5.83. The number of carboxylic acid groups (broad SMARTS) is 1. The highest BCUT2D eigenvalue weighted by Crippen LogP contribution is 2.24. The molecule has 3 heterocycles. The van der Waals surface area contributed by atoms with Crippen LogP contribution < -0.4 is 0 Å². The summed E-state index contributed by atoms with van der Waals surface area (Å²) in [5, 5.41) is 9.22. The lowest BCUT2D eigenvalue weighted by Gasteiger charge is -2.31. The van der Waals surface area contributed by atoms with Gasteiger partial charge in [0.05, 0.1) is 0 Å². The summed E-state index contributed by atoms with van der Waals surface area (Å²) in [4.78, 5) is 29.8. The van der Waals surface area contributed by atoms with Gasteiger partial charge in [-0.1, -0.05) is 0 Å². The van der Waals surface area contributed by atoms with Gasteiger partial charge in [0.2, 0.25) is 0 Å². The normalized spacial score (nSPS) is 31.2. The average Bonchev–Trinajstić information content (AvgIpc) is 3.03. The Hall–Kier alpha value is -1.30. The van der Waals surface area contributed by atoms with E-state index in [-0.39, 0.29) is 6.03 Å². The molecule has 0 bridgehead atoms. The van der Waals surface area contributed by atoms with Crippen molar-refractivity contribution in [3.05, 3.63) is 0 Å². The van der Waals surface area contributed by atoms with Gasteiger partial charge in [0.15, 0.2) is 0 Å². The van der Waals surface area contributed by atoms with Gasteiger partial charge >= 0.3 is 12.0 Å². The number of nitrogens with zero attached hydrogens (tertiary/aromatic N) is 3. The predicted molar refractivity (Wildman–Crippen MR) is 73.5 cm³/mol. The number of carbonyl (C=O) groups is 2. The van der Waals surface area contributed by atoms with Crippen molar-refractivity contribution < 1.29 is 14.7 Å². The molecule has 0 aromatic rings. The Kier molecular flexibility index (Phi) is 3.83. The van der Waals surface area contributed by atoms with E-state index >= 15 is 0 Å². The zero-order valence-corrected chi connectivity index (χ0v) is 11.8. The van der Waals surface area contributed by atoms with Gasteiger partial charge < -0.3 is 14.9 Å². The number of likely N-dealkylation sites (tertiary alicyclic amines) is 1. The number of aliphatic carboxylic acids is 1. The molecule has 3 fully saturated rings. The third-order valence-corrected chi connectivity index (χ3v) is 4.86. The fourth-order valence-electron chi connectivity index (χ4n) is 3.81. The Morgan fingerprint density at radius 2 is 1.70 bits per heavy atom. The summed E-state index contributed by atoms with van der Waals surface area (Å²) in [6.07, 6.45) is 4.75. The topological polar surface area (TPSA) is 64.1 Å². The minimum absolute atomic E-state index is 0.0661. The molecule has 20 heavy (non-hydrogen) atoms. The lowest BCUT2D eigenvalue weighted by Crippen LogP contribution is -2.50. The van der Waals surface area contributed by atoms with E-state index in [1.165, 1.54) is 6.42 Å². The van der Waals surface area contributed by atoms with E-state index in [0.29, 0.717) is 19.0 Å². The first-order valence-corrected chi connectivity index (χ1v) is 7.69. The van der Waals surface area contributed by atoms with Crippen LogP contribution in [0, 0.1) is 0 Å². The third-order valence-electron chi connectivity index (χ3n) is 4.86. The average molecular weight is 281 g/mol. The molecule has 0 aromatic carbocycles. The summed E-state index contributed by atoms with van der Waals surface area (Å²) >= 11 is 0. The molecule has 0 aromatic heterocycles. The number of rotatable bonds is 1. The molecule has 2 unspecified atom stereocenters. The quantitative estimate of drug-likeness (QED) is 0.773. The predicted octanol–water partition coefficient (Wildman–Crippen LogP) is 0.826. The first-order valence-electron chi connectivity index (χ1n) is 7.69. The summed E-state index contributed by atoms with van der Waals surface area (Å²) in [6.45, 7) is 4.32. The maximum atomic E-state index is 12.6. The van der Waals surface area contributed by atoms with Gasteiger partial charge in [0.1, 0.15) is 6.04 Å². The van der Waals surface area contributed by atoms with E-state index < -0.39 is 12.0 Å². The molecule has 6 heteroatoms. The molecule has 3 aliphatic heterocycles. The van der Waals surface area contributed by atoms with E-state index in [2.05, 4.69) is 4.90 Å². The molecule has 6 nitrogen and oxygen atoms in total. The number of carbonyl (C=O) groups excluding carboxylic acids is 1. The summed E-state index contributed by atoms with van der Waals surface area (Å²) in [5.74, 6) is -0.867. The minimum Gasteiger partial charge on any atom is -0.480 e. The lowest BCUT2D eigenvalue weighted by molar-refractivity contribution is -0.141. The Balaban J connectivity index is 1.68. The van der Waals surface area contributed by atoms with Crippen LogP contribution in [0.15, 0.2) is 0 Å². The smallest absolute Gasteiger partial charge is 0.326 e. The molecule has 0 radical (unpaired) electrons. The Morgan fingerprint density at radius 3 is 2.50 bits per heavy atom. The highest BCUT2D eigenvalue weighted by atomic mass is 16.4. The molecular weight excluding hydrogens is 258 g/mol. The van der Waals surface area contributed by atoms with E-state index in [1.807, 2.05) is 4.90 Å². The van der Waals surface area contributed by atoms with E-state index in [0.717, 1.165) is 45.4 Å². The number of amides is 2. The second-order valence-electron chi connectivity index (χ2n) is 6.10. The number of fused-ring (bicyclic) bond motifs is 1. The van der Waals surface area contributed by atoms with Gasteiger partial charge in [-0.25, -0.2) is 9.59 Å². The van der Waals surface area contributed by atoms with Crippen LogP contribution >= 0.6 is 0 Å². The van der Waals surface area contributed by atoms with Crippen molar-refractivity contribution in [2.24, 2.45) is 0 Å². The Bertz CT molecular complexity index is 401. The third kappa shape index (κ3) is 2.49. The molecule has 112 valence electrons. The summed E-state index contributed by atoms with van der Waals surface area (Å²) in [6, 6.07) is -0.207. The molecular formula is C14H23N3O3. The molecule has 3 aliphatic rings. The number of hydrogen-bond donors (Lipinski definition) is 1. The van der Waals surface area contributed by atoms with Crippen LogP contribution in [-0.2, 0) is 4.79 Å². The molecule has 0 aliphatic carbocycles. The van der Waals surface area contributed by atoms with Gasteiger partial charge in [0, 0.05) is 32.2 Å².